The monoisotopic (exact) mass is 378 g/mol. The maximum atomic E-state index is 12.5. The van der Waals surface area contributed by atoms with Gasteiger partial charge in [-0.1, -0.05) is 24.3 Å². The molecule has 3 aromatic rings. The third-order valence-electron chi connectivity index (χ3n) is 4.48. The number of benzene rings is 1. The molecule has 2 aromatic heterocycles. The fourth-order valence-corrected chi connectivity index (χ4v) is 3.01. The van der Waals surface area contributed by atoms with Gasteiger partial charge < -0.3 is 9.30 Å². The third-order valence-corrected chi connectivity index (χ3v) is 4.48. The molecule has 0 aliphatic heterocycles. The minimum absolute atomic E-state index is 0.0915. The summed E-state index contributed by atoms with van der Waals surface area (Å²) < 4.78 is 7.19. The van der Waals surface area contributed by atoms with Crippen LogP contribution >= 0.6 is 0 Å². The second-order valence-electron chi connectivity index (χ2n) is 6.44. The number of allylic oxidation sites excluding steroid dienone is 1. The Morgan fingerprint density at radius 3 is 2.54 bits per heavy atom. The number of aromatic nitrogens is 4. The summed E-state index contributed by atoms with van der Waals surface area (Å²) in [5.74, 6) is -0.933. The van der Waals surface area contributed by atoms with Gasteiger partial charge in [0.05, 0.1) is 11.4 Å². The number of rotatable bonds is 7. The van der Waals surface area contributed by atoms with Crippen molar-refractivity contribution in [3.8, 4) is 5.69 Å². The van der Waals surface area contributed by atoms with Crippen molar-refractivity contribution in [1.29, 1.82) is 0 Å². The number of hydrogen-bond donors (Lipinski definition) is 0. The van der Waals surface area contributed by atoms with E-state index in [2.05, 4.69) is 16.8 Å². The molecular weight excluding hydrogens is 356 g/mol. The normalized spacial score (nSPS) is 10.7. The van der Waals surface area contributed by atoms with Crippen molar-refractivity contribution in [1.82, 2.24) is 19.6 Å². The molecule has 0 N–H and O–H groups in total. The molecule has 0 spiro atoms. The van der Waals surface area contributed by atoms with Gasteiger partial charge in [-0.2, -0.15) is 9.90 Å². The molecule has 2 heterocycles. The average Bonchev–Trinajstić information content (AvgIpc) is 3.22. The van der Waals surface area contributed by atoms with Crippen molar-refractivity contribution in [2.24, 2.45) is 0 Å². The van der Waals surface area contributed by atoms with Crippen LogP contribution in [0.5, 0.6) is 0 Å². The molecule has 7 nitrogen and oxygen atoms in total. The van der Waals surface area contributed by atoms with Crippen molar-refractivity contribution in [2.75, 3.05) is 6.61 Å². The van der Waals surface area contributed by atoms with Crippen LogP contribution in [0.3, 0.4) is 0 Å². The van der Waals surface area contributed by atoms with E-state index in [1.54, 1.807) is 19.1 Å². The second-order valence-corrected chi connectivity index (χ2v) is 6.44. The zero-order valence-electron chi connectivity index (χ0n) is 16.2. The largest absolute Gasteiger partial charge is 0.452 e. The highest BCUT2D eigenvalue weighted by molar-refractivity contribution is 6.00. The van der Waals surface area contributed by atoms with E-state index < -0.39 is 5.97 Å². The van der Waals surface area contributed by atoms with Crippen LogP contribution in [0.15, 0.2) is 49.1 Å². The third kappa shape index (κ3) is 3.78. The topological polar surface area (TPSA) is 79.0 Å². The van der Waals surface area contributed by atoms with E-state index in [9.17, 15) is 9.59 Å². The molecule has 7 heteroatoms. The van der Waals surface area contributed by atoms with Crippen LogP contribution in [0, 0.1) is 20.8 Å². The first-order chi connectivity index (χ1) is 13.4. The van der Waals surface area contributed by atoms with E-state index in [1.807, 2.05) is 48.7 Å². The molecule has 0 aliphatic rings. The summed E-state index contributed by atoms with van der Waals surface area (Å²) in [5.41, 5.74) is 3.57. The molecule has 144 valence electrons. The Balaban J connectivity index is 1.71. The minimum Gasteiger partial charge on any atom is -0.452 e. The summed E-state index contributed by atoms with van der Waals surface area (Å²) in [6, 6.07) is 11.0. The predicted molar refractivity (Wildman–Crippen MR) is 105 cm³/mol. The van der Waals surface area contributed by atoms with Gasteiger partial charge in [0.2, 0.25) is 5.78 Å². The molecule has 0 saturated heterocycles. The van der Waals surface area contributed by atoms with Crippen molar-refractivity contribution >= 4 is 11.8 Å². The lowest BCUT2D eigenvalue weighted by Gasteiger charge is -2.06. The fourth-order valence-electron chi connectivity index (χ4n) is 3.01. The number of aryl methyl sites for hydroxylation is 2. The van der Waals surface area contributed by atoms with Gasteiger partial charge in [-0.25, -0.2) is 4.79 Å². The summed E-state index contributed by atoms with van der Waals surface area (Å²) >= 11 is 0. The Kier molecular flexibility index (Phi) is 5.54. The molecule has 0 radical (unpaired) electrons. The van der Waals surface area contributed by atoms with E-state index in [0.29, 0.717) is 17.8 Å². The number of Topliss-reactive ketones (excluding diaryl/α,β-unsaturated/α-hetero) is 1. The van der Waals surface area contributed by atoms with E-state index in [1.165, 1.54) is 4.80 Å². The van der Waals surface area contributed by atoms with Crippen molar-refractivity contribution < 1.29 is 14.3 Å². The molecular formula is C21H22N4O3. The lowest BCUT2D eigenvalue weighted by Crippen LogP contribution is -2.16. The van der Waals surface area contributed by atoms with Gasteiger partial charge in [-0.05, 0) is 39.0 Å². The first-order valence-corrected chi connectivity index (χ1v) is 8.89. The SMILES string of the molecule is C=CCn1c(C)cc(C(=O)COC(=O)c2nn(-c3ccccc3)nc2C)c1C. The fraction of sp³-hybridized carbons (Fsp3) is 0.238. The Morgan fingerprint density at radius 1 is 1.14 bits per heavy atom. The number of carbonyl (C=O) groups is 2. The van der Waals surface area contributed by atoms with Crippen LogP contribution in [-0.2, 0) is 11.3 Å². The maximum absolute atomic E-state index is 12.5. The number of esters is 1. The molecule has 0 fully saturated rings. The number of para-hydroxylation sites is 1. The van der Waals surface area contributed by atoms with Gasteiger partial charge in [0.1, 0.15) is 0 Å². The number of ketones is 1. The van der Waals surface area contributed by atoms with Gasteiger partial charge in [-0.3, -0.25) is 4.79 Å². The average molecular weight is 378 g/mol. The number of carbonyl (C=O) groups excluding carboxylic acids is 2. The van der Waals surface area contributed by atoms with E-state index in [0.717, 1.165) is 17.1 Å². The van der Waals surface area contributed by atoms with Crippen LogP contribution in [0.25, 0.3) is 5.69 Å². The van der Waals surface area contributed by atoms with Crippen LogP contribution < -0.4 is 0 Å². The van der Waals surface area contributed by atoms with Crippen LogP contribution in [0.1, 0.15) is 37.9 Å². The Bertz CT molecular complexity index is 1030. The molecule has 0 bridgehead atoms. The minimum atomic E-state index is -0.673. The lowest BCUT2D eigenvalue weighted by atomic mass is 10.1. The Morgan fingerprint density at radius 2 is 1.86 bits per heavy atom. The van der Waals surface area contributed by atoms with E-state index in [-0.39, 0.29) is 18.1 Å². The summed E-state index contributed by atoms with van der Waals surface area (Å²) in [7, 11) is 0. The standard InChI is InChI=1S/C21H22N4O3/c1-5-11-24-14(2)12-18(16(24)4)19(26)13-28-21(27)20-15(3)22-25(23-20)17-9-7-6-8-10-17/h5-10,12H,1,11,13H2,2-4H3. The Labute approximate surface area is 163 Å². The summed E-state index contributed by atoms with van der Waals surface area (Å²) in [6.07, 6.45) is 1.77. The molecule has 1 aromatic carbocycles. The summed E-state index contributed by atoms with van der Waals surface area (Å²) in [6.45, 7) is 9.45. The zero-order chi connectivity index (χ0) is 20.3. The molecule has 0 saturated carbocycles. The lowest BCUT2D eigenvalue weighted by molar-refractivity contribution is 0.0467. The highest BCUT2D eigenvalue weighted by atomic mass is 16.5. The van der Waals surface area contributed by atoms with Gasteiger partial charge in [0.25, 0.3) is 0 Å². The zero-order valence-corrected chi connectivity index (χ0v) is 16.2. The molecule has 0 amide bonds. The van der Waals surface area contributed by atoms with Gasteiger partial charge in [0.15, 0.2) is 12.3 Å². The summed E-state index contributed by atoms with van der Waals surface area (Å²) in [5, 5.41) is 8.44. The number of nitrogens with zero attached hydrogens (tertiary/aromatic N) is 4. The van der Waals surface area contributed by atoms with Crippen LogP contribution in [-0.4, -0.2) is 37.9 Å². The highest BCUT2D eigenvalue weighted by Crippen LogP contribution is 2.16. The first kappa shape index (κ1) is 19.3. The van der Waals surface area contributed by atoms with Crippen molar-refractivity contribution in [3.63, 3.8) is 0 Å². The molecule has 0 atom stereocenters. The highest BCUT2D eigenvalue weighted by Gasteiger charge is 2.21. The smallest absolute Gasteiger partial charge is 0.361 e. The predicted octanol–water partition coefficient (Wildman–Crippen LogP) is 3.22. The summed E-state index contributed by atoms with van der Waals surface area (Å²) in [4.78, 5) is 26.3. The number of hydrogen-bond acceptors (Lipinski definition) is 5. The number of ether oxygens (including phenoxy) is 1. The van der Waals surface area contributed by atoms with E-state index >= 15 is 0 Å². The quantitative estimate of drug-likeness (QED) is 0.358. The Hall–Kier alpha value is -3.48. The molecule has 0 aliphatic carbocycles. The van der Waals surface area contributed by atoms with Crippen molar-refractivity contribution in [3.05, 3.63) is 77.4 Å². The maximum Gasteiger partial charge on any atom is 0.361 e. The second kappa shape index (κ2) is 8.04. The molecule has 0 unspecified atom stereocenters. The van der Waals surface area contributed by atoms with Gasteiger partial charge in [0, 0.05) is 23.5 Å². The first-order valence-electron chi connectivity index (χ1n) is 8.89. The van der Waals surface area contributed by atoms with E-state index in [4.69, 9.17) is 4.74 Å². The van der Waals surface area contributed by atoms with Crippen molar-refractivity contribution in [2.45, 2.75) is 27.3 Å². The van der Waals surface area contributed by atoms with Gasteiger partial charge in [-0.15, -0.1) is 11.7 Å². The van der Waals surface area contributed by atoms with Gasteiger partial charge >= 0.3 is 5.97 Å². The van der Waals surface area contributed by atoms with Crippen LogP contribution in [0.2, 0.25) is 0 Å². The molecule has 3 rings (SSSR count). The van der Waals surface area contributed by atoms with Crippen LogP contribution in [0.4, 0.5) is 0 Å². The molecule has 28 heavy (non-hydrogen) atoms.